The molecule has 5 rings (SSSR count). The average Bonchev–Trinajstić information content (AvgIpc) is 3.42. The molecule has 1 atom stereocenters. The van der Waals surface area contributed by atoms with Gasteiger partial charge in [0.1, 0.15) is 0 Å². The summed E-state index contributed by atoms with van der Waals surface area (Å²) in [5.74, 6) is -0.543. The fourth-order valence-electron chi connectivity index (χ4n) is 4.99. The number of carbonyl (C=O) groups excluding carboxylic acids is 3. The highest BCUT2D eigenvalue weighted by molar-refractivity contribution is 6.21. The van der Waals surface area contributed by atoms with Crippen molar-refractivity contribution in [3.8, 4) is 0 Å². The van der Waals surface area contributed by atoms with Crippen molar-refractivity contribution in [2.24, 2.45) is 16.6 Å². The fraction of sp³-hybridized carbons (Fsp3) is 0.250. The monoisotopic (exact) mass is 481 g/mol. The third-order valence-electron chi connectivity index (χ3n) is 6.77. The molecule has 8 heteroatoms. The van der Waals surface area contributed by atoms with Crippen molar-refractivity contribution in [3.63, 3.8) is 0 Å². The van der Waals surface area contributed by atoms with Crippen LogP contribution in [0.3, 0.4) is 0 Å². The topological polar surface area (TPSA) is 109 Å². The molecule has 1 aliphatic carbocycles. The van der Waals surface area contributed by atoms with Crippen LogP contribution in [0, 0.1) is 5.92 Å². The maximum Gasteiger partial charge on any atom is 0.321 e. The molecule has 8 nitrogen and oxygen atoms in total. The third kappa shape index (κ3) is 4.49. The number of benzene rings is 2. The van der Waals surface area contributed by atoms with E-state index in [1.165, 1.54) is 11.1 Å². The van der Waals surface area contributed by atoms with Crippen LogP contribution in [0.1, 0.15) is 36.8 Å². The highest BCUT2D eigenvalue weighted by atomic mass is 16.2. The zero-order valence-electron chi connectivity index (χ0n) is 19.8. The maximum atomic E-state index is 14.2. The van der Waals surface area contributed by atoms with Gasteiger partial charge in [-0.05, 0) is 31.0 Å². The predicted octanol–water partition coefficient (Wildman–Crippen LogP) is 3.94. The number of aliphatic imine (C=N–C) groups is 1. The van der Waals surface area contributed by atoms with Crippen molar-refractivity contribution >= 4 is 34.8 Å². The lowest BCUT2D eigenvalue weighted by Crippen LogP contribution is -2.53. The van der Waals surface area contributed by atoms with Gasteiger partial charge in [-0.3, -0.25) is 19.5 Å². The number of nitrogens with two attached hydrogens (primary N) is 1. The Kier molecular flexibility index (Phi) is 6.58. The van der Waals surface area contributed by atoms with Crippen LogP contribution in [0.25, 0.3) is 0 Å². The van der Waals surface area contributed by atoms with Crippen LogP contribution in [0.2, 0.25) is 0 Å². The van der Waals surface area contributed by atoms with Crippen molar-refractivity contribution in [2.75, 3.05) is 16.3 Å². The second-order valence-corrected chi connectivity index (χ2v) is 9.03. The molecular weight excluding hydrogens is 454 g/mol. The summed E-state index contributed by atoms with van der Waals surface area (Å²) in [5.41, 5.74) is 8.74. The van der Waals surface area contributed by atoms with Gasteiger partial charge in [0, 0.05) is 23.2 Å². The van der Waals surface area contributed by atoms with Crippen molar-refractivity contribution in [3.05, 3.63) is 90.3 Å². The first-order valence-electron chi connectivity index (χ1n) is 12.1. The average molecular weight is 482 g/mol. The molecule has 0 spiro atoms. The molecule has 1 aromatic heterocycles. The Balaban J connectivity index is 1.67. The van der Waals surface area contributed by atoms with E-state index in [2.05, 4.69) is 4.98 Å². The standard InChI is InChI=1S/C28H27N5O3/c29-28(36)33(21-13-8-16-30-17-21)26-27(35)32(18-24(34)19-9-4-5-10-19)23-15-7-6-14-22(23)25(31-26)20-11-2-1-3-12-20/h1-3,6-8,11-17,19,26H,4-5,9-10,18H2,(H2,29,36). The number of hydrogen-bond donors (Lipinski definition) is 1. The van der Waals surface area contributed by atoms with Crippen molar-refractivity contribution in [2.45, 2.75) is 31.8 Å². The van der Waals surface area contributed by atoms with E-state index in [0.29, 0.717) is 22.6 Å². The van der Waals surface area contributed by atoms with E-state index in [-0.39, 0.29) is 18.2 Å². The highest BCUT2D eigenvalue weighted by Crippen LogP contribution is 2.32. The van der Waals surface area contributed by atoms with Gasteiger partial charge in [0.15, 0.2) is 5.78 Å². The number of Topliss-reactive ketones (excluding diaryl/α,β-unsaturated/α-hetero) is 1. The van der Waals surface area contributed by atoms with Gasteiger partial charge in [-0.15, -0.1) is 0 Å². The van der Waals surface area contributed by atoms with Gasteiger partial charge in [-0.1, -0.05) is 61.4 Å². The van der Waals surface area contributed by atoms with E-state index in [9.17, 15) is 14.4 Å². The van der Waals surface area contributed by atoms with E-state index in [1.54, 1.807) is 18.3 Å². The van der Waals surface area contributed by atoms with E-state index in [1.807, 2.05) is 54.6 Å². The van der Waals surface area contributed by atoms with Crippen LogP contribution < -0.4 is 15.5 Å². The Bertz CT molecular complexity index is 1300. The minimum atomic E-state index is -1.31. The van der Waals surface area contributed by atoms with E-state index < -0.39 is 18.1 Å². The quantitative estimate of drug-likeness (QED) is 0.575. The molecule has 3 aromatic rings. The number of anilines is 2. The first kappa shape index (κ1) is 23.4. The Morgan fingerprint density at radius 3 is 2.39 bits per heavy atom. The molecule has 0 radical (unpaired) electrons. The number of aromatic nitrogens is 1. The molecule has 36 heavy (non-hydrogen) atoms. The molecule has 2 heterocycles. The molecule has 1 aliphatic heterocycles. The maximum absolute atomic E-state index is 14.2. The van der Waals surface area contributed by atoms with E-state index in [4.69, 9.17) is 10.7 Å². The molecule has 1 unspecified atom stereocenters. The largest absolute Gasteiger partial charge is 0.351 e. The number of primary amides is 1. The SMILES string of the molecule is NC(=O)N(c1cccnc1)C1N=C(c2ccccc2)c2ccccc2N(CC(=O)C2CCCC2)C1=O. The van der Waals surface area contributed by atoms with Gasteiger partial charge in [0.25, 0.3) is 5.91 Å². The summed E-state index contributed by atoms with van der Waals surface area (Å²) in [6.07, 6.45) is 5.41. The van der Waals surface area contributed by atoms with Crippen molar-refractivity contribution in [1.29, 1.82) is 0 Å². The normalized spacial score (nSPS) is 17.8. The van der Waals surface area contributed by atoms with Crippen LogP contribution >= 0.6 is 0 Å². The fourth-order valence-corrected chi connectivity index (χ4v) is 4.99. The highest BCUT2D eigenvalue weighted by Gasteiger charge is 2.39. The molecule has 2 aromatic carbocycles. The second kappa shape index (κ2) is 10.1. The van der Waals surface area contributed by atoms with Gasteiger partial charge in [-0.2, -0.15) is 0 Å². The summed E-state index contributed by atoms with van der Waals surface area (Å²) in [5, 5.41) is 0. The Morgan fingerprint density at radius 1 is 0.972 bits per heavy atom. The molecular formula is C28H27N5O3. The van der Waals surface area contributed by atoms with Gasteiger partial charge in [0.05, 0.1) is 29.8 Å². The first-order chi connectivity index (χ1) is 17.5. The van der Waals surface area contributed by atoms with Gasteiger partial charge in [0.2, 0.25) is 6.17 Å². The minimum absolute atomic E-state index is 0.0181. The number of urea groups is 1. The summed E-state index contributed by atoms with van der Waals surface area (Å²) >= 11 is 0. The number of para-hydroxylation sites is 1. The van der Waals surface area contributed by atoms with Crippen LogP contribution in [0.4, 0.5) is 16.2 Å². The molecule has 2 N–H and O–H groups in total. The zero-order chi connectivity index (χ0) is 25.1. The van der Waals surface area contributed by atoms with E-state index >= 15 is 0 Å². The van der Waals surface area contributed by atoms with Crippen LogP contribution in [0.15, 0.2) is 84.1 Å². The lowest BCUT2D eigenvalue weighted by atomic mass is 9.99. The van der Waals surface area contributed by atoms with E-state index in [0.717, 1.165) is 36.1 Å². The number of amides is 3. The van der Waals surface area contributed by atoms with Crippen LogP contribution in [-0.4, -0.2) is 41.1 Å². The number of fused-ring (bicyclic) bond motifs is 1. The second-order valence-electron chi connectivity index (χ2n) is 9.03. The molecule has 1 saturated carbocycles. The van der Waals surface area contributed by atoms with Crippen LogP contribution in [-0.2, 0) is 9.59 Å². The molecule has 0 saturated heterocycles. The van der Waals surface area contributed by atoms with Gasteiger partial charge in [-0.25, -0.2) is 9.79 Å². The summed E-state index contributed by atoms with van der Waals surface area (Å²) in [6, 6.07) is 19.3. The van der Waals surface area contributed by atoms with Crippen LogP contribution in [0.5, 0.6) is 0 Å². The Labute approximate surface area is 209 Å². The molecule has 0 bridgehead atoms. The van der Waals surface area contributed by atoms with Gasteiger partial charge >= 0.3 is 6.03 Å². The van der Waals surface area contributed by atoms with Crippen molar-refractivity contribution < 1.29 is 14.4 Å². The molecule has 182 valence electrons. The number of pyridine rings is 1. The zero-order valence-corrected chi connectivity index (χ0v) is 19.8. The minimum Gasteiger partial charge on any atom is -0.351 e. The number of hydrogen-bond acceptors (Lipinski definition) is 5. The summed E-state index contributed by atoms with van der Waals surface area (Å²) < 4.78 is 0. The molecule has 3 amide bonds. The Hall–Kier alpha value is -4.33. The predicted molar refractivity (Wildman–Crippen MR) is 138 cm³/mol. The number of rotatable bonds is 6. The Morgan fingerprint density at radius 2 is 1.69 bits per heavy atom. The smallest absolute Gasteiger partial charge is 0.321 e. The lowest BCUT2D eigenvalue weighted by Gasteiger charge is -2.30. The summed E-state index contributed by atoms with van der Waals surface area (Å²) in [6.45, 7) is -0.0890. The number of ketones is 1. The molecule has 1 fully saturated rings. The lowest BCUT2D eigenvalue weighted by molar-refractivity contribution is -0.125. The number of carbonyl (C=O) groups is 3. The third-order valence-corrected chi connectivity index (χ3v) is 6.77. The molecule has 2 aliphatic rings. The van der Waals surface area contributed by atoms with Crippen molar-refractivity contribution in [1.82, 2.24) is 4.98 Å². The van der Waals surface area contributed by atoms with Gasteiger partial charge < -0.3 is 10.6 Å². The first-order valence-corrected chi connectivity index (χ1v) is 12.1. The number of benzodiazepines with no additional fused rings is 1. The summed E-state index contributed by atoms with van der Waals surface area (Å²) in [7, 11) is 0. The number of nitrogens with zero attached hydrogens (tertiary/aromatic N) is 4. The summed E-state index contributed by atoms with van der Waals surface area (Å²) in [4.78, 5) is 51.7.